The van der Waals surface area contributed by atoms with Crippen LogP contribution in [0.1, 0.15) is 34.1 Å². The molecule has 0 aliphatic rings. The van der Waals surface area contributed by atoms with Crippen LogP contribution in [-0.2, 0) is 0 Å². The molecule has 1 aromatic carbocycles. The zero-order valence-electron chi connectivity index (χ0n) is 12.6. The van der Waals surface area contributed by atoms with Crippen LogP contribution in [0.25, 0.3) is 0 Å². The van der Waals surface area contributed by atoms with Gasteiger partial charge in [0.05, 0.1) is 0 Å². The van der Waals surface area contributed by atoms with Crippen molar-refractivity contribution in [3.05, 3.63) is 30.1 Å². The third-order valence-corrected chi connectivity index (χ3v) is 3.43. The number of hydrogen-bond acceptors (Lipinski definition) is 2. The van der Waals surface area contributed by atoms with Crippen molar-refractivity contribution in [2.24, 2.45) is 5.92 Å². The second-order valence-corrected chi connectivity index (χ2v) is 5.32. The van der Waals surface area contributed by atoms with Gasteiger partial charge in [0.25, 0.3) is 0 Å². The summed E-state index contributed by atoms with van der Waals surface area (Å²) in [4.78, 5) is 2.23. The summed E-state index contributed by atoms with van der Waals surface area (Å²) in [7, 11) is 0. The molecule has 1 unspecified atom stereocenters. The lowest BCUT2D eigenvalue weighted by atomic mass is 10.0. The van der Waals surface area contributed by atoms with E-state index in [9.17, 15) is 4.39 Å². The number of nitrogens with one attached hydrogen (secondary N) is 1. The highest BCUT2D eigenvalue weighted by atomic mass is 19.1. The Bertz CT molecular complexity index is 366. The standard InChI is InChI=1S/C16H27FN2/c1-5-10-18-16(13(3)4)12-19(6-2)15-9-7-8-14(17)11-15/h7-9,11,13,16,18H,5-6,10,12H2,1-4H3. The number of likely N-dealkylation sites (N-methyl/N-ethyl adjacent to an activating group) is 1. The predicted molar refractivity (Wildman–Crippen MR) is 81.2 cm³/mol. The van der Waals surface area contributed by atoms with Crippen LogP contribution in [0.4, 0.5) is 10.1 Å². The van der Waals surface area contributed by atoms with Crippen LogP contribution in [-0.4, -0.2) is 25.7 Å². The maximum Gasteiger partial charge on any atom is 0.125 e. The quantitative estimate of drug-likeness (QED) is 0.772. The third kappa shape index (κ3) is 5.19. The number of halogens is 1. The summed E-state index contributed by atoms with van der Waals surface area (Å²) < 4.78 is 13.3. The highest BCUT2D eigenvalue weighted by molar-refractivity contribution is 5.46. The van der Waals surface area contributed by atoms with Gasteiger partial charge in [-0.05, 0) is 44.0 Å². The first-order valence-electron chi connectivity index (χ1n) is 7.32. The maximum atomic E-state index is 13.3. The molecule has 1 N–H and O–H groups in total. The Hall–Kier alpha value is -1.09. The summed E-state index contributed by atoms with van der Waals surface area (Å²) in [6, 6.07) is 7.29. The number of anilines is 1. The minimum atomic E-state index is -0.168. The number of rotatable bonds is 8. The predicted octanol–water partition coefficient (Wildman–Crippen LogP) is 3.68. The van der Waals surface area contributed by atoms with Crippen molar-refractivity contribution in [2.45, 2.75) is 40.2 Å². The van der Waals surface area contributed by atoms with Gasteiger partial charge in [0.1, 0.15) is 5.82 Å². The number of nitrogens with zero attached hydrogens (tertiary/aromatic N) is 1. The Labute approximate surface area is 117 Å². The molecule has 1 aromatic rings. The molecule has 3 heteroatoms. The highest BCUT2D eigenvalue weighted by Crippen LogP contribution is 2.17. The van der Waals surface area contributed by atoms with Crippen LogP contribution in [0, 0.1) is 11.7 Å². The van der Waals surface area contributed by atoms with E-state index in [0.29, 0.717) is 12.0 Å². The van der Waals surface area contributed by atoms with Crippen LogP contribution in [0.2, 0.25) is 0 Å². The van der Waals surface area contributed by atoms with Gasteiger partial charge in [-0.25, -0.2) is 4.39 Å². The van der Waals surface area contributed by atoms with Gasteiger partial charge >= 0.3 is 0 Å². The van der Waals surface area contributed by atoms with Gasteiger partial charge in [0.15, 0.2) is 0 Å². The normalized spacial score (nSPS) is 12.7. The molecule has 1 atom stereocenters. The third-order valence-electron chi connectivity index (χ3n) is 3.43. The Kier molecular flexibility index (Phi) is 6.85. The molecule has 0 bridgehead atoms. The fourth-order valence-corrected chi connectivity index (χ4v) is 2.17. The van der Waals surface area contributed by atoms with E-state index in [1.807, 2.05) is 6.07 Å². The topological polar surface area (TPSA) is 15.3 Å². The van der Waals surface area contributed by atoms with Crippen molar-refractivity contribution < 1.29 is 4.39 Å². The van der Waals surface area contributed by atoms with Gasteiger partial charge < -0.3 is 10.2 Å². The fraction of sp³-hybridized carbons (Fsp3) is 0.625. The highest BCUT2D eigenvalue weighted by Gasteiger charge is 2.16. The van der Waals surface area contributed by atoms with Crippen LogP contribution in [0.5, 0.6) is 0 Å². The SMILES string of the molecule is CCCNC(CN(CC)c1cccc(F)c1)C(C)C. The first kappa shape index (κ1) is 16.0. The molecule has 0 spiro atoms. The molecular weight excluding hydrogens is 239 g/mol. The molecule has 0 fully saturated rings. The minimum absolute atomic E-state index is 0.168. The number of hydrogen-bond donors (Lipinski definition) is 1. The lowest BCUT2D eigenvalue weighted by Gasteiger charge is -2.31. The molecule has 0 saturated heterocycles. The van der Waals surface area contributed by atoms with Crippen molar-refractivity contribution in [1.29, 1.82) is 0 Å². The Morgan fingerprint density at radius 1 is 1.26 bits per heavy atom. The lowest BCUT2D eigenvalue weighted by Crippen LogP contribution is -2.44. The van der Waals surface area contributed by atoms with E-state index in [1.54, 1.807) is 12.1 Å². The minimum Gasteiger partial charge on any atom is -0.370 e. The van der Waals surface area contributed by atoms with Crippen molar-refractivity contribution in [3.63, 3.8) is 0 Å². The summed E-state index contributed by atoms with van der Waals surface area (Å²) in [6.45, 7) is 11.6. The molecule has 2 nitrogen and oxygen atoms in total. The average Bonchev–Trinajstić information content (AvgIpc) is 2.38. The summed E-state index contributed by atoms with van der Waals surface area (Å²) in [5.74, 6) is 0.396. The second kappa shape index (κ2) is 8.16. The van der Waals surface area contributed by atoms with E-state index in [4.69, 9.17) is 0 Å². The van der Waals surface area contributed by atoms with Crippen molar-refractivity contribution >= 4 is 5.69 Å². The second-order valence-electron chi connectivity index (χ2n) is 5.32. The Balaban J connectivity index is 2.73. The Morgan fingerprint density at radius 2 is 2.00 bits per heavy atom. The summed E-state index contributed by atoms with van der Waals surface area (Å²) >= 11 is 0. The fourth-order valence-electron chi connectivity index (χ4n) is 2.17. The van der Waals surface area contributed by atoms with Gasteiger partial charge in [-0.15, -0.1) is 0 Å². The molecule has 0 saturated carbocycles. The molecule has 0 amide bonds. The molecule has 0 heterocycles. The molecule has 0 radical (unpaired) electrons. The molecule has 0 aliphatic carbocycles. The monoisotopic (exact) mass is 266 g/mol. The van der Waals surface area contributed by atoms with Gasteiger partial charge in [-0.2, -0.15) is 0 Å². The molecule has 1 rings (SSSR count). The van der Waals surface area contributed by atoms with E-state index in [0.717, 1.165) is 31.7 Å². The van der Waals surface area contributed by atoms with Crippen LogP contribution < -0.4 is 10.2 Å². The molecule has 108 valence electrons. The zero-order chi connectivity index (χ0) is 14.3. The van der Waals surface area contributed by atoms with Crippen molar-refractivity contribution in [2.75, 3.05) is 24.5 Å². The maximum absolute atomic E-state index is 13.3. The summed E-state index contributed by atoms with van der Waals surface area (Å²) in [6.07, 6.45) is 1.13. The van der Waals surface area contributed by atoms with Gasteiger partial charge in [0, 0.05) is 24.8 Å². The molecule has 0 aromatic heterocycles. The molecular formula is C16H27FN2. The van der Waals surface area contributed by atoms with Gasteiger partial charge in [0.2, 0.25) is 0 Å². The molecule has 0 aliphatic heterocycles. The number of benzene rings is 1. The van der Waals surface area contributed by atoms with Crippen molar-refractivity contribution in [1.82, 2.24) is 5.32 Å². The van der Waals surface area contributed by atoms with E-state index < -0.39 is 0 Å². The van der Waals surface area contributed by atoms with Crippen LogP contribution in [0.3, 0.4) is 0 Å². The van der Waals surface area contributed by atoms with E-state index in [2.05, 4.69) is 37.9 Å². The van der Waals surface area contributed by atoms with Gasteiger partial charge in [-0.1, -0.05) is 26.8 Å². The van der Waals surface area contributed by atoms with Crippen LogP contribution in [0.15, 0.2) is 24.3 Å². The van der Waals surface area contributed by atoms with Crippen molar-refractivity contribution in [3.8, 4) is 0 Å². The van der Waals surface area contributed by atoms with E-state index in [1.165, 1.54) is 6.07 Å². The average molecular weight is 266 g/mol. The van der Waals surface area contributed by atoms with Gasteiger partial charge in [-0.3, -0.25) is 0 Å². The summed E-state index contributed by atoms with van der Waals surface area (Å²) in [5, 5.41) is 3.58. The largest absolute Gasteiger partial charge is 0.370 e. The zero-order valence-corrected chi connectivity index (χ0v) is 12.6. The first-order chi connectivity index (χ1) is 9.08. The lowest BCUT2D eigenvalue weighted by molar-refractivity contribution is 0.398. The molecule has 19 heavy (non-hydrogen) atoms. The Morgan fingerprint density at radius 3 is 2.53 bits per heavy atom. The first-order valence-corrected chi connectivity index (χ1v) is 7.32. The van der Waals surface area contributed by atoms with Crippen LogP contribution >= 0.6 is 0 Å². The summed E-state index contributed by atoms with van der Waals surface area (Å²) in [5.41, 5.74) is 0.964. The van der Waals surface area contributed by atoms with E-state index >= 15 is 0 Å². The smallest absolute Gasteiger partial charge is 0.125 e. The van der Waals surface area contributed by atoms with E-state index in [-0.39, 0.29) is 5.82 Å².